The van der Waals surface area contributed by atoms with E-state index in [0.717, 1.165) is 5.69 Å². The highest BCUT2D eigenvalue weighted by Crippen LogP contribution is 2.16. The van der Waals surface area contributed by atoms with Crippen molar-refractivity contribution in [2.24, 2.45) is 0 Å². The third-order valence-electron chi connectivity index (χ3n) is 1.73. The molecule has 0 aromatic heterocycles. The molecule has 4 heteroatoms. The first kappa shape index (κ1) is 10.9. The number of carbonyl (C=O) groups is 1. The summed E-state index contributed by atoms with van der Waals surface area (Å²) < 4.78 is 4.84. The zero-order valence-corrected chi connectivity index (χ0v) is 8.91. The number of benzene rings is 1. The predicted molar refractivity (Wildman–Crippen MR) is 56.5 cm³/mol. The van der Waals surface area contributed by atoms with Crippen LogP contribution in [0.4, 0.5) is 5.69 Å². The highest BCUT2D eigenvalue weighted by atomic mass is 35.5. The molecule has 0 fully saturated rings. The van der Waals surface area contributed by atoms with Gasteiger partial charge in [-0.15, -0.1) is 0 Å². The van der Waals surface area contributed by atoms with Crippen LogP contribution in [0.2, 0.25) is 5.02 Å². The van der Waals surface area contributed by atoms with Crippen LogP contribution in [0.5, 0.6) is 0 Å². The molecule has 0 N–H and O–H groups in total. The molecule has 14 heavy (non-hydrogen) atoms. The summed E-state index contributed by atoms with van der Waals surface area (Å²) in [7, 11) is 1.84. The minimum atomic E-state index is -0.286. The molecule has 0 saturated heterocycles. The summed E-state index contributed by atoms with van der Waals surface area (Å²) in [4.78, 5) is 12.4. The fourth-order valence-corrected chi connectivity index (χ4v) is 1.08. The minimum Gasteiger partial charge on any atom is -0.444 e. The Morgan fingerprint density at radius 3 is 2.50 bits per heavy atom. The Bertz CT molecular complexity index is 310. The molecule has 0 aliphatic heterocycles. The summed E-state index contributed by atoms with van der Waals surface area (Å²) in [5.74, 6) is -0.286. The number of halogens is 1. The van der Waals surface area contributed by atoms with Gasteiger partial charge in [0.25, 0.3) is 0 Å². The SMILES string of the molecule is CC(=O)OCN(C)c1ccc(Cl)cc1. The Labute approximate surface area is 88.2 Å². The van der Waals surface area contributed by atoms with Crippen molar-refractivity contribution in [3.63, 3.8) is 0 Å². The molecule has 0 radical (unpaired) electrons. The second-order valence-corrected chi connectivity index (χ2v) is 3.38. The number of rotatable bonds is 3. The fourth-order valence-electron chi connectivity index (χ4n) is 0.958. The third-order valence-corrected chi connectivity index (χ3v) is 1.98. The van der Waals surface area contributed by atoms with Gasteiger partial charge in [-0.3, -0.25) is 4.79 Å². The van der Waals surface area contributed by atoms with Crippen molar-refractivity contribution in [1.29, 1.82) is 0 Å². The van der Waals surface area contributed by atoms with E-state index in [4.69, 9.17) is 16.3 Å². The molecule has 0 atom stereocenters. The second-order valence-electron chi connectivity index (χ2n) is 2.94. The number of hydrogen-bond donors (Lipinski definition) is 0. The van der Waals surface area contributed by atoms with Gasteiger partial charge >= 0.3 is 5.97 Å². The van der Waals surface area contributed by atoms with E-state index in [-0.39, 0.29) is 12.7 Å². The van der Waals surface area contributed by atoms with E-state index in [1.165, 1.54) is 6.92 Å². The van der Waals surface area contributed by atoms with E-state index >= 15 is 0 Å². The molecule has 0 aliphatic rings. The van der Waals surface area contributed by atoms with Crippen molar-refractivity contribution < 1.29 is 9.53 Å². The molecular weight excluding hydrogens is 202 g/mol. The number of hydrogen-bond acceptors (Lipinski definition) is 3. The molecule has 0 bridgehead atoms. The van der Waals surface area contributed by atoms with Crippen LogP contribution in [0.25, 0.3) is 0 Å². The van der Waals surface area contributed by atoms with Crippen LogP contribution in [-0.4, -0.2) is 19.7 Å². The molecule has 0 heterocycles. The number of anilines is 1. The summed E-state index contributed by atoms with van der Waals surface area (Å²) in [5, 5.41) is 0.689. The van der Waals surface area contributed by atoms with Crippen LogP contribution in [-0.2, 0) is 9.53 Å². The molecule has 1 aromatic rings. The van der Waals surface area contributed by atoms with Crippen LogP contribution in [0.3, 0.4) is 0 Å². The van der Waals surface area contributed by atoms with Gasteiger partial charge in [0.2, 0.25) is 0 Å². The van der Waals surface area contributed by atoms with Gasteiger partial charge in [-0.1, -0.05) is 11.6 Å². The van der Waals surface area contributed by atoms with Crippen molar-refractivity contribution in [3.8, 4) is 0 Å². The molecular formula is C10H12ClNO2. The summed E-state index contributed by atoms with van der Waals surface area (Å²) >= 11 is 5.74. The van der Waals surface area contributed by atoms with Gasteiger partial charge in [0.1, 0.15) is 0 Å². The highest BCUT2D eigenvalue weighted by Gasteiger charge is 2.01. The average molecular weight is 214 g/mol. The van der Waals surface area contributed by atoms with Gasteiger partial charge in [-0.25, -0.2) is 0 Å². The first-order valence-electron chi connectivity index (χ1n) is 4.19. The Kier molecular flexibility index (Phi) is 3.77. The van der Waals surface area contributed by atoms with E-state index in [1.807, 2.05) is 24.1 Å². The van der Waals surface area contributed by atoms with E-state index in [9.17, 15) is 4.79 Å². The van der Waals surface area contributed by atoms with Crippen LogP contribution in [0.15, 0.2) is 24.3 Å². The van der Waals surface area contributed by atoms with Gasteiger partial charge in [-0.2, -0.15) is 0 Å². The molecule has 1 rings (SSSR count). The zero-order valence-electron chi connectivity index (χ0n) is 8.16. The van der Waals surface area contributed by atoms with Crippen LogP contribution in [0, 0.1) is 0 Å². The Hall–Kier alpha value is -1.22. The first-order chi connectivity index (χ1) is 6.59. The van der Waals surface area contributed by atoms with E-state index in [0.29, 0.717) is 5.02 Å². The zero-order chi connectivity index (χ0) is 10.6. The molecule has 0 saturated carbocycles. The van der Waals surface area contributed by atoms with Gasteiger partial charge in [0.05, 0.1) is 0 Å². The quantitative estimate of drug-likeness (QED) is 0.570. The number of ether oxygens (including phenoxy) is 1. The Balaban J connectivity index is 2.56. The van der Waals surface area contributed by atoms with Crippen molar-refractivity contribution in [3.05, 3.63) is 29.3 Å². The lowest BCUT2D eigenvalue weighted by Gasteiger charge is -2.18. The number of nitrogens with zero attached hydrogens (tertiary/aromatic N) is 1. The maximum absolute atomic E-state index is 10.6. The molecule has 0 unspecified atom stereocenters. The van der Waals surface area contributed by atoms with Gasteiger partial charge in [-0.05, 0) is 24.3 Å². The van der Waals surface area contributed by atoms with E-state index < -0.39 is 0 Å². The topological polar surface area (TPSA) is 29.5 Å². The summed E-state index contributed by atoms with van der Waals surface area (Å²) in [6.07, 6.45) is 0. The summed E-state index contributed by atoms with van der Waals surface area (Å²) in [5.41, 5.74) is 0.954. The summed E-state index contributed by atoms with van der Waals surface area (Å²) in [6, 6.07) is 7.32. The lowest BCUT2D eigenvalue weighted by molar-refractivity contribution is -0.140. The van der Waals surface area contributed by atoms with Gasteiger partial charge in [0, 0.05) is 24.7 Å². The smallest absolute Gasteiger partial charge is 0.304 e. The average Bonchev–Trinajstić information content (AvgIpc) is 2.15. The van der Waals surface area contributed by atoms with Gasteiger partial charge in [0.15, 0.2) is 6.73 Å². The highest BCUT2D eigenvalue weighted by molar-refractivity contribution is 6.30. The molecule has 1 aromatic carbocycles. The van der Waals surface area contributed by atoms with Crippen molar-refractivity contribution >= 4 is 23.3 Å². The van der Waals surface area contributed by atoms with Crippen molar-refractivity contribution in [1.82, 2.24) is 0 Å². The minimum absolute atomic E-state index is 0.247. The standard InChI is InChI=1S/C10H12ClNO2/c1-8(13)14-7-12(2)10-5-3-9(11)4-6-10/h3-6H,7H2,1-2H3. The molecule has 3 nitrogen and oxygen atoms in total. The second kappa shape index (κ2) is 4.86. The molecule has 0 amide bonds. The van der Waals surface area contributed by atoms with E-state index in [1.54, 1.807) is 12.1 Å². The van der Waals surface area contributed by atoms with E-state index in [2.05, 4.69) is 0 Å². The van der Waals surface area contributed by atoms with Crippen LogP contribution < -0.4 is 4.90 Å². The lowest BCUT2D eigenvalue weighted by Crippen LogP contribution is -2.22. The van der Waals surface area contributed by atoms with Crippen molar-refractivity contribution in [2.45, 2.75) is 6.92 Å². The van der Waals surface area contributed by atoms with Crippen LogP contribution >= 0.6 is 11.6 Å². The monoisotopic (exact) mass is 213 g/mol. The number of carbonyl (C=O) groups excluding carboxylic acids is 1. The Morgan fingerprint density at radius 2 is 2.00 bits per heavy atom. The molecule has 0 aliphatic carbocycles. The van der Waals surface area contributed by atoms with Crippen molar-refractivity contribution in [2.75, 3.05) is 18.7 Å². The predicted octanol–water partition coefficient (Wildman–Crippen LogP) is 2.30. The lowest BCUT2D eigenvalue weighted by atomic mass is 10.3. The maximum Gasteiger partial charge on any atom is 0.304 e. The Morgan fingerprint density at radius 1 is 1.43 bits per heavy atom. The fraction of sp³-hybridized carbons (Fsp3) is 0.300. The summed E-state index contributed by atoms with van der Waals surface area (Å²) in [6.45, 7) is 1.63. The normalized spacial score (nSPS) is 9.64. The van der Waals surface area contributed by atoms with Gasteiger partial charge < -0.3 is 9.64 Å². The first-order valence-corrected chi connectivity index (χ1v) is 4.57. The largest absolute Gasteiger partial charge is 0.444 e. The maximum atomic E-state index is 10.6. The molecule has 0 spiro atoms. The number of esters is 1. The third kappa shape index (κ3) is 3.26. The molecule has 76 valence electrons. The van der Waals surface area contributed by atoms with Crippen LogP contribution in [0.1, 0.15) is 6.92 Å².